The standard InChI is InChI=1S/C76H124O6/c1-4-7-10-13-16-19-22-25-27-29-31-32-33-34-35-36-37-38-39-40-41-42-43-44-46-47-49-51-54-57-60-63-66-69-75(78)81-72-73(71-80-74(77)68-65-62-59-56-53-24-21-18-15-12-9-6-3)82-76(79)70-67-64-61-58-55-52-50-48-45-30-28-26-23-20-17-14-11-8-5-2/h7-8,10-11,16-21,25-28,31-32,34-35,45,48,52,55,61,64,73H,4-6,9,12-15,22-24,29-30,33,36-44,46-47,49-51,53-54,56-60,62-63,65-72H2,1-3H3/b10-7-,11-8-,19-16-,20-17-,21-18-,27-25-,28-26-,32-31-,35-34-,48-45-,55-52-,64-61-. The van der Waals surface area contributed by atoms with Gasteiger partial charge in [0.15, 0.2) is 6.10 Å². The third kappa shape index (κ3) is 66.1. The summed E-state index contributed by atoms with van der Waals surface area (Å²) in [5.41, 5.74) is 0. The van der Waals surface area contributed by atoms with Crippen LogP contribution in [0.2, 0.25) is 0 Å². The van der Waals surface area contributed by atoms with Crippen LogP contribution in [0.25, 0.3) is 0 Å². The lowest BCUT2D eigenvalue weighted by atomic mass is 10.0. The lowest BCUT2D eigenvalue weighted by Crippen LogP contribution is -2.30. The van der Waals surface area contributed by atoms with Gasteiger partial charge in [-0.05, 0) is 128 Å². The second-order valence-electron chi connectivity index (χ2n) is 22.0. The highest BCUT2D eigenvalue weighted by atomic mass is 16.6. The first-order chi connectivity index (χ1) is 40.5. The van der Waals surface area contributed by atoms with E-state index in [4.69, 9.17) is 14.2 Å². The van der Waals surface area contributed by atoms with E-state index in [1.54, 1.807) is 0 Å². The highest BCUT2D eigenvalue weighted by molar-refractivity contribution is 5.71. The predicted octanol–water partition coefficient (Wildman–Crippen LogP) is 23.5. The van der Waals surface area contributed by atoms with E-state index in [9.17, 15) is 14.4 Å². The van der Waals surface area contributed by atoms with Gasteiger partial charge in [0.2, 0.25) is 0 Å². The van der Waals surface area contributed by atoms with Crippen LogP contribution in [-0.2, 0) is 28.6 Å². The molecule has 0 saturated carbocycles. The Bertz CT molecular complexity index is 1780. The maximum atomic E-state index is 12.9. The third-order valence-corrected chi connectivity index (χ3v) is 14.1. The van der Waals surface area contributed by atoms with Gasteiger partial charge in [-0.15, -0.1) is 0 Å². The Morgan fingerprint density at radius 1 is 0.256 bits per heavy atom. The number of carbonyl (C=O) groups excluding carboxylic acids is 3. The van der Waals surface area contributed by atoms with Gasteiger partial charge in [-0.3, -0.25) is 14.4 Å². The molecule has 0 aromatic carbocycles. The van der Waals surface area contributed by atoms with E-state index in [-0.39, 0.29) is 31.6 Å². The second kappa shape index (κ2) is 68.8. The van der Waals surface area contributed by atoms with Gasteiger partial charge in [0.25, 0.3) is 0 Å². The Balaban J connectivity index is 4.27. The van der Waals surface area contributed by atoms with Crippen molar-refractivity contribution in [2.24, 2.45) is 0 Å². The molecule has 0 heterocycles. The molecule has 0 N–H and O–H groups in total. The van der Waals surface area contributed by atoms with Crippen molar-refractivity contribution >= 4 is 17.9 Å². The number of unbranched alkanes of at least 4 members (excludes halogenated alkanes) is 25. The Morgan fingerprint density at radius 3 is 0.805 bits per heavy atom. The first kappa shape index (κ1) is 77.3. The molecule has 0 aliphatic rings. The van der Waals surface area contributed by atoms with Crippen molar-refractivity contribution in [1.82, 2.24) is 0 Å². The first-order valence-corrected chi connectivity index (χ1v) is 33.8. The zero-order valence-corrected chi connectivity index (χ0v) is 53.2. The fourth-order valence-electron chi connectivity index (χ4n) is 9.08. The van der Waals surface area contributed by atoms with Crippen molar-refractivity contribution in [3.8, 4) is 0 Å². The molecule has 0 aliphatic heterocycles. The molecule has 6 nitrogen and oxygen atoms in total. The van der Waals surface area contributed by atoms with Crippen LogP contribution in [0.5, 0.6) is 0 Å². The number of carbonyl (C=O) groups is 3. The van der Waals surface area contributed by atoms with Crippen LogP contribution in [0.15, 0.2) is 146 Å². The zero-order valence-electron chi connectivity index (χ0n) is 53.2. The summed E-state index contributed by atoms with van der Waals surface area (Å²) in [5, 5.41) is 0. The van der Waals surface area contributed by atoms with Crippen molar-refractivity contribution in [1.29, 1.82) is 0 Å². The summed E-state index contributed by atoms with van der Waals surface area (Å²) in [5.74, 6) is -1.00. The summed E-state index contributed by atoms with van der Waals surface area (Å²) < 4.78 is 16.8. The van der Waals surface area contributed by atoms with E-state index in [2.05, 4.69) is 161 Å². The first-order valence-electron chi connectivity index (χ1n) is 33.8. The molecule has 0 amide bonds. The third-order valence-electron chi connectivity index (χ3n) is 14.1. The molecule has 0 aromatic heterocycles. The van der Waals surface area contributed by atoms with E-state index >= 15 is 0 Å². The topological polar surface area (TPSA) is 78.9 Å². The average Bonchev–Trinajstić information content (AvgIpc) is 3.47. The Hall–Kier alpha value is -4.71. The summed E-state index contributed by atoms with van der Waals surface area (Å²) in [4.78, 5) is 38.3. The van der Waals surface area contributed by atoms with Gasteiger partial charge in [-0.2, -0.15) is 0 Å². The van der Waals surface area contributed by atoms with Crippen molar-refractivity contribution < 1.29 is 28.6 Å². The van der Waals surface area contributed by atoms with Crippen molar-refractivity contribution in [3.63, 3.8) is 0 Å². The largest absolute Gasteiger partial charge is 0.462 e. The van der Waals surface area contributed by atoms with Gasteiger partial charge in [-0.25, -0.2) is 0 Å². The van der Waals surface area contributed by atoms with E-state index in [0.29, 0.717) is 19.3 Å². The number of rotatable bonds is 60. The molecule has 0 saturated heterocycles. The van der Waals surface area contributed by atoms with Crippen LogP contribution in [0.4, 0.5) is 0 Å². The fraction of sp³-hybridized carbons (Fsp3) is 0.645. The zero-order chi connectivity index (χ0) is 59.2. The van der Waals surface area contributed by atoms with Crippen molar-refractivity contribution in [3.05, 3.63) is 146 Å². The van der Waals surface area contributed by atoms with Gasteiger partial charge < -0.3 is 14.2 Å². The molecule has 1 unspecified atom stereocenters. The number of ether oxygens (including phenoxy) is 3. The molecule has 0 bridgehead atoms. The SMILES string of the molecule is CC/C=C\C/C=C\C/C=C\C/C=C\C/C=C\C/C=C\CCC(=O)OC(COC(=O)CCCCCCC/C=C\CCCCC)COC(=O)CCCCCCCCCCCCCCCCCCC/C=C\C/C=C\C/C=C\C/C=C\C/C=C\CC. The summed E-state index contributed by atoms with van der Waals surface area (Å²) in [6, 6.07) is 0. The van der Waals surface area contributed by atoms with Crippen LogP contribution in [-0.4, -0.2) is 37.2 Å². The predicted molar refractivity (Wildman–Crippen MR) is 357 cm³/mol. The molecule has 0 fully saturated rings. The van der Waals surface area contributed by atoms with E-state index in [1.807, 2.05) is 6.08 Å². The number of esters is 3. The summed E-state index contributed by atoms with van der Waals surface area (Å²) in [7, 11) is 0. The monoisotopic (exact) mass is 1130 g/mol. The van der Waals surface area contributed by atoms with Crippen molar-refractivity contribution in [2.45, 2.75) is 303 Å². The lowest BCUT2D eigenvalue weighted by Gasteiger charge is -2.18. The smallest absolute Gasteiger partial charge is 0.306 e. The molecule has 0 aliphatic carbocycles. The molecule has 1 atom stereocenters. The fourth-order valence-corrected chi connectivity index (χ4v) is 9.08. The molecular weight excluding hydrogens is 1010 g/mol. The highest BCUT2D eigenvalue weighted by Gasteiger charge is 2.19. The minimum Gasteiger partial charge on any atom is -0.462 e. The van der Waals surface area contributed by atoms with E-state index in [1.165, 1.54) is 128 Å². The molecule has 82 heavy (non-hydrogen) atoms. The molecular formula is C76H124O6. The van der Waals surface area contributed by atoms with Gasteiger partial charge >= 0.3 is 17.9 Å². The molecule has 0 rings (SSSR count). The highest BCUT2D eigenvalue weighted by Crippen LogP contribution is 2.16. The van der Waals surface area contributed by atoms with Crippen molar-refractivity contribution in [2.75, 3.05) is 13.2 Å². The Kier molecular flexibility index (Phi) is 64.8. The van der Waals surface area contributed by atoms with Crippen LogP contribution in [0.1, 0.15) is 297 Å². The second-order valence-corrected chi connectivity index (χ2v) is 22.0. The maximum Gasteiger partial charge on any atom is 0.306 e. The van der Waals surface area contributed by atoms with Gasteiger partial charge in [0.1, 0.15) is 13.2 Å². The molecule has 6 heteroatoms. The summed E-state index contributed by atoms with van der Waals surface area (Å²) >= 11 is 0. The Morgan fingerprint density at radius 2 is 0.500 bits per heavy atom. The molecule has 464 valence electrons. The van der Waals surface area contributed by atoms with Gasteiger partial charge in [-0.1, -0.05) is 295 Å². The van der Waals surface area contributed by atoms with Gasteiger partial charge in [0.05, 0.1) is 0 Å². The Labute approximate surface area is 506 Å². The van der Waals surface area contributed by atoms with Crippen LogP contribution in [0.3, 0.4) is 0 Å². The lowest BCUT2D eigenvalue weighted by molar-refractivity contribution is -0.166. The van der Waals surface area contributed by atoms with Crippen LogP contribution < -0.4 is 0 Å². The molecule has 0 radical (unpaired) electrons. The van der Waals surface area contributed by atoms with Gasteiger partial charge in [0, 0.05) is 19.3 Å². The van der Waals surface area contributed by atoms with E-state index < -0.39 is 12.1 Å². The molecule has 0 aromatic rings. The number of hydrogen-bond donors (Lipinski definition) is 0. The number of allylic oxidation sites excluding steroid dienone is 24. The minimum atomic E-state index is -0.826. The normalized spacial score (nSPS) is 13.1. The number of hydrogen-bond acceptors (Lipinski definition) is 6. The summed E-state index contributed by atoms with van der Waals surface area (Å²) in [6.45, 7) is 6.33. The summed E-state index contributed by atoms with van der Waals surface area (Å²) in [6.07, 6.45) is 98.9. The molecule has 0 spiro atoms. The maximum absolute atomic E-state index is 12.9. The van der Waals surface area contributed by atoms with E-state index in [0.717, 1.165) is 122 Å². The quantitative estimate of drug-likeness (QED) is 0.0261. The van der Waals surface area contributed by atoms with Crippen LogP contribution >= 0.6 is 0 Å². The minimum absolute atomic E-state index is 0.113. The van der Waals surface area contributed by atoms with Crippen LogP contribution in [0, 0.1) is 0 Å². The average molecular weight is 1130 g/mol.